The summed E-state index contributed by atoms with van der Waals surface area (Å²) in [6, 6.07) is 0. The third-order valence-electron chi connectivity index (χ3n) is 9.91. The molecule has 2 aliphatic heterocycles. The number of carbonyl (C=O) groups is 1. The normalized spacial score (nSPS) is 29.4. The van der Waals surface area contributed by atoms with Crippen LogP contribution >= 0.6 is 0 Å². The fourth-order valence-corrected chi connectivity index (χ4v) is 6.61. The van der Waals surface area contributed by atoms with Crippen molar-refractivity contribution in [3.63, 3.8) is 0 Å². The molecule has 2 heterocycles. The third-order valence-corrected chi connectivity index (χ3v) is 9.91. The highest BCUT2D eigenvalue weighted by Gasteiger charge is 2.45. The minimum Gasteiger partial charge on any atom is -0.372 e. The van der Waals surface area contributed by atoms with Gasteiger partial charge in [-0.3, -0.25) is 4.79 Å². The Bertz CT molecular complexity index is 849. The number of hydrogen-bond donors (Lipinski definition) is 0. The van der Waals surface area contributed by atoms with E-state index in [4.69, 9.17) is 0 Å². The predicted molar refractivity (Wildman–Crippen MR) is 146 cm³/mol. The van der Waals surface area contributed by atoms with Crippen LogP contribution in [0, 0.1) is 16.7 Å². The number of hydrogen-bond acceptors (Lipinski definition) is 3. The molecular formula is C31H52N2O. The van der Waals surface area contributed by atoms with Crippen molar-refractivity contribution in [3.8, 4) is 0 Å². The van der Waals surface area contributed by atoms with E-state index >= 15 is 0 Å². The van der Waals surface area contributed by atoms with E-state index in [1.54, 1.807) is 0 Å². The van der Waals surface area contributed by atoms with Crippen LogP contribution in [-0.4, -0.2) is 39.8 Å². The van der Waals surface area contributed by atoms with Crippen molar-refractivity contribution >= 4 is 5.78 Å². The average molecular weight is 469 g/mol. The summed E-state index contributed by atoms with van der Waals surface area (Å²) >= 11 is 0. The SMILES string of the molecule is C=C(CC)C1=CN(C2(C)CCC(C(C)(C)N3C=C(C(=O)CC)C(C)(C)CC3)CC2)CCC1(C)C. The van der Waals surface area contributed by atoms with Crippen LogP contribution in [-0.2, 0) is 4.79 Å². The molecule has 3 aliphatic rings. The van der Waals surface area contributed by atoms with Crippen LogP contribution in [0.4, 0.5) is 0 Å². The molecule has 3 rings (SSSR count). The summed E-state index contributed by atoms with van der Waals surface area (Å²) in [5.74, 6) is 0.956. The molecule has 0 aromatic carbocycles. The molecule has 0 N–H and O–H groups in total. The molecule has 0 aromatic heterocycles. The standard InChI is InChI=1S/C31H52N2O/c1-11-23(3)25-21-33(20-18-28(25,4)5)31(10)15-13-24(14-16-31)30(8,9)32-19-17-29(6,7)26(22-32)27(34)12-2/h21-22,24H,3,11-20H2,1-2,4-10H3. The molecule has 0 amide bonds. The van der Waals surface area contributed by atoms with Gasteiger partial charge >= 0.3 is 0 Å². The van der Waals surface area contributed by atoms with Crippen LogP contribution in [0.25, 0.3) is 0 Å². The second-order valence-electron chi connectivity index (χ2n) is 13.4. The molecule has 0 atom stereocenters. The van der Waals surface area contributed by atoms with E-state index in [1.165, 1.54) is 43.3 Å². The first-order valence-electron chi connectivity index (χ1n) is 13.9. The van der Waals surface area contributed by atoms with Gasteiger partial charge in [-0.1, -0.05) is 53.7 Å². The maximum Gasteiger partial charge on any atom is 0.160 e. The highest BCUT2D eigenvalue weighted by Crippen LogP contribution is 2.48. The summed E-state index contributed by atoms with van der Waals surface area (Å²) in [5, 5.41) is 0. The quantitative estimate of drug-likeness (QED) is 0.379. The highest BCUT2D eigenvalue weighted by molar-refractivity contribution is 5.96. The van der Waals surface area contributed by atoms with Crippen molar-refractivity contribution in [1.82, 2.24) is 9.80 Å². The Hall–Kier alpha value is -1.51. The van der Waals surface area contributed by atoms with E-state index < -0.39 is 0 Å². The molecule has 0 aromatic rings. The van der Waals surface area contributed by atoms with Crippen molar-refractivity contribution in [2.45, 2.75) is 125 Å². The van der Waals surface area contributed by atoms with E-state index in [9.17, 15) is 4.79 Å². The van der Waals surface area contributed by atoms with Crippen LogP contribution < -0.4 is 0 Å². The van der Waals surface area contributed by atoms with Gasteiger partial charge in [-0.2, -0.15) is 0 Å². The van der Waals surface area contributed by atoms with Crippen LogP contribution in [0.3, 0.4) is 0 Å². The van der Waals surface area contributed by atoms with Gasteiger partial charge in [0.15, 0.2) is 5.78 Å². The molecule has 1 fully saturated rings. The lowest BCUT2D eigenvalue weighted by molar-refractivity contribution is -0.116. The fraction of sp³-hybridized carbons (Fsp3) is 0.774. The highest BCUT2D eigenvalue weighted by atomic mass is 16.1. The van der Waals surface area contributed by atoms with Gasteiger partial charge in [0.2, 0.25) is 0 Å². The van der Waals surface area contributed by atoms with E-state index in [0.29, 0.717) is 18.1 Å². The summed E-state index contributed by atoms with van der Waals surface area (Å²) < 4.78 is 0. The van der Waals surface area contributed by atoms with Gasteiger partial charge in [0, 0.05) is 48.6 Å². The molecule has 0 unspecified atom stereocenters. The van der Waals surface area contributed by atoms with Crippen LogP contribution in [0.1, 0.15) is 114 Å². The molecule has 3 heteroatoms. The number of Topliss-reactive ketones (excluding diaryl/α,β-unsaturated/α-hetero) is 1. The first-order valence-corrected chi connectivity index (χ1v) is 13.9. The summed E-state index contributed by atoms with van der Waals surface area (Å²) in [7, 11) is 0. The van der Waals surface area contributed by atoms with Crippen LogP contribution in [0.5, 0.6) is 0 Å². The topological polar surface area (TPSA) is 23.6 Å². The van der Waals surface area contributed by atoms with Gasteiger partial charge in [0.05, 0.1) is 0 Å². The Labute approximate surface area is 210 Å². The molecule has 34 heavy (non-hydrogen) atoms. The maximum atomic E-state index is 12.7. The molecule has 1 saturated carbocycles. The van der Waals surface area contributed by atoms with Gasteiger partial charge in [-0.15, -0.1) is 0 Å². The van der Waals surface area contributed by atoms with E-state index in [0.717, 1.165) is 31.5 Å². The minimum atomic E-state index is -0.0145. The maximum absolute atomic E-state index is 12.7. The molecular weight excluding hydrogens is 416 g/mol. The monoisotopic (exact) mass is 468 g/mol. The van der Waals surface area contributed by atoms with E-state index in [2.05, 4.69) is 84.2 Å². The Kier molecular flexibility index (Phi) is 7.57. The predicted octanol–water partition coefficient (Wildman–Crippen LogP) is 7.89. The molecule has 0 bridgehead atoms. The van der Waals surface area contributed by atoms with Crippen molar-refractivity contribution in [1.29, 1.82) is 0 Å². The summed E-state index contributed by atoms with van der Waals surface area (Å²) in [4.78, 5) is 17.9. The number of carbonyl (C=O) groups excluding carboxylic acids is 1. The number of nitrogens with zero attached hydrogens (tertiary/aromatic N) is 2. The van der Waals surface area contributed by atoms with Gasteiger partial charge in [-0.05, 0) is 88.0 Å². The lowest BCUT2D eigenvalue weighted by atomic mass is 9.67. The van der Waals surface area contributed by atoms with Gasteiger partial charge in [-0.25, -0.2) is 0 Å². The first-order chi connectivity index (χ1) is 15.7. The van der Waals surface area contributed by atoms with Crippen molar-refractivity contribution < 1.29 is 4.79 Å². The van der Waals surface area contributed by atoms with Gasteiger partial charge in [0.25, 0.3) is 0 Å². The lowest BCUT2D eigenvalue weighted by Crippen LogP contribution is -2.55. The Morgan fingerprint density at radius 1 is 0.912 bits per heavy atom. The van der Waals surface area contributed by atoms with Crippen molar-refractivity contribution in [2.24, 2.45) is 16.7 Å². The van der Waals surface area contributed by atoms with Crippen molar-refractivity contribution in [2.75, 3.05) is 13.1 Å². The zero-order chi connectivity index (χ0) is 25.5. The molecule has 0 spiro atoms. The second-order valence-corrected chi connectivity index (χ2v) is 13.4. The zero-order valence-corrected chi connectivity index (χ0v) is 23.8. The molecule has 0 saturated heterocycles. The zero-order valence-electron chi connectivity index (χ0n) is 23.8. The minimum absolute atomic E-state index is 0.0145. The fourth-order valence-electron chi connectivity index (χ4n) is 6.61. The van der Waals surface area contributed by atoms with Crippen LogP contribution in [0.15, 0.2) is 35.7 Å². The molecule has 1 aliphatic carbocycles. The van der Waals surface area contributed by atoms with Gasteiger partial charge in [0.1, 0.15) is 0 Å². The van der Waals surface area contributed by atoms with Crippen molar-refractivity contribution in [3.05, 3.63) is 35.7 Å². The number of rotatable bonds is 7. The smallest absolute Gasteiger partial charge is 0.160 e. The number of ketones is 1. The summed E-state index contributed by atoms with van der Waals surface area (Å²) in [6.45, 7) is 27.3. The average Bonchev–Trinajstić information content (AvgIpc) is 2.77. The Morgan fingerprint density at radius 3 is 2.03 bits per heavy atom. The third kappa shape index (κ3) is 5.05. The Balaban J connectivity index is 1.76. The summed E-state index contributed by atoms with van der Waals surface area (Å²) in [6.07, 6.45) is 13.5. The van der Waals surface area contributed by atoms with E-state index in [-0.39, 0.29) is 21.9 Å². The van der Waals surface area contributed by atoms with Gasteiger partial charge < -0.3 is 9.80 Å². The second kappa shape index (κ2) is 9.51. The molecule has 3 nitrogen and oxygen atoms in total. The Morgan fingerprint density at radius 2 is 1.47 bits per heavy atom. The molecule has 192 valence electrons. The lowest BCUT2D eigenvalue weighted by Gasteiger charge is -2.54. The largest absolute Gasteiger partial charge is 0.372 e. The van der Waals surface area contributed by atoms with E-state index in [1.807, 2.05) is 6.92 Å². The first kappa shape index (κ1) is 27.1. The summed E-state index contributed by atoms with van der Waals surface area (Å²) in [5.41, 5.74) is 4.29. The van der Waals surface area contributed by atoms with Crippen LogP contribution in [0.2, 0.25) is 0 Å². The number of allylic oxidation sites excluding steroid dienone is 3. The molecule has 0 radical (unpaired) electrons.